The summed E-state index contributed by atoms with van der Waals surface area (Å²) in [5.74, 6) is -0.216. The zero-order valence-electron chi connectivity index (χ0n) is 12.8. The van der Waals surface area contributed by atoms with Crippen molar-refractivity contribution in [3.05, 3.63) is 34.9 Å². The lowest BCUT2D eigenvalue weighted by atomic mass is 9.93. The summed E-state index contributed by atoms with van der Waals surface area (Å²) in [6.07, 6.45) is 2.59. The number of benzene rings is 1. The fraction of sp³-hybridized carbons (Fsp3) is 0.588. The Kier molecular flexibility index (Phi) is 3.76. The highest BCUT2D eigenvalue weighted by Gasteiger charge is 2.37. The van der Waals surface area contributed by atoms with E-state index in [2.05, 4.69) is 11.0 Å². The van der Waals surface area contributed by atoms with Crippen molar-refractivity contribution in [1.82, 2.24) is 4.90 Å². The molecule has 114 valence electrons. The molecule has 1 aromatic rings. The van der Waals surface area contributed by atoms with Crippen molar-refractivity contribution in [2.24, 2.45) is 0 Å². The van der Waals surface area contributed by atoms with Gasteiger partial charge in [-0.15, -0.1) is 0 Å². The molecule has 0 aliphatic carbocycles. The molecule has 0 amide bonds. The highest BCUT2D eigenvalue weighted by atomic mass is 16.6. The molecule has 21 heavy (non-hydrogen) atoms. The number of fused-ring (bicyclic) bond motifs is 1. The summed E-state index contributed by atoms with van der Waals surface area (Å²) in [7, 11) is 0. The van der Waals surface area contributed by atoms with Crippen LogP contribution in [0.4, 0.5) is 0 Å². The van der Waals surface area contributed by atoms with Crippen LogP contribution in [0.25, 0.3) is 0 Å². The molecule has 0 unspecified atom stereocenters. The Labute approximate surface area is 125 Å². The third kappa shape index (κ3) is 2.97. The van der Waals surface area contributed by atoms with Crippen molar-refractivity contribution < 1.29 is 14.6 Å². The summed E-state index contributed by atoms with van der Waals surface area (Å²) in [4.78, 5) is 14.2. The minimum absolute atomic E-state index is 0.120. The van der Waals surface area contributed by atoms with Gasteiger partial charge in [-0.2, -0.15) is 0 Å². The van der Waals surface area contributed by atoms with Gasteiger partial charge in [0.2, 0.25) is 0 Å². The lowest BCUT2D eigenvalue weighted by molar-refractivity contribution is 0.00951. The van der Waals surface area contributed by atoms with E-state index >= 15 is 0 Å². The maximum absolute atomic E-state index is 11.8. The molecule has 3 rings (SSSR count). The number of aliphatic hydroxyl groups excluding tert-OH is 1. The predicted octanol–water partition coefficient (Wildman–Crippen LogP) is 2.09. The molecule has 1 N–H and O–H groups in total. The fourth-order valence-electron chi connectivity index (χ4n) is 3.19. The van der Waals surface area contributed by atoms with Gasteiger partial charge in [0.15, 0.2) is 0 Å². The van der Waals surface area contributed by atoms with Crippen LogP contribution in [0.2, 0.25) is 0 Å². The first kappa shape index (κ1) is 14.5. The van der Waals surface area contributed by atoms with Gasteiger partial charge in [-0.1, -0.05) is 12.1 Å². The third-order valence-electron chi connectivity index (χ3n) is 4.57. The summed E-state index contributed by atoms with van der Waals surface area (Å²) in [5, 5.41) is 9.53. The van der Waals surface area contributed by atoms with Crippen LogP contribution in [0.1, 0.15) is 48.2 Å². The first-order valence-corrected chi connectivity index (χ1v) is 7.73. The number of cyclic esters (lactones) is 1. The number of piperidine rings is 1. The molecule has 0 saturated carbocycles. The molecule has 0 atom stereocenters. The number of rotatable bonds is 3. The predicted molar refractivity (Wildman–Crippen MR) is 80.3 cm³/mol. The molecule has 2 aliphatic heterocycles. The van der Waals surface area contributed by atoms with Gasteiger partial charge in [-0.25, -0.2) is 4.79 Å². The molecular formula is C17H23NO3. The van der Waals surface area contributed by atoms with Gasteiger partial charge in [0, 0.05) is 25.2 Å². The van der Waals surface area contributed by atoms with E-state index in [4.69, 9.17) is 4.74 Å². The van der Waals surface area contributed by atoms with Crippen LogP contribution in [0.5, 0.6) is 0 Å². The number of likely N-dealkylation sites (tertiary alicyclic amines) is 1. The summed E-state index contributed by atoms with van der Waals surface area (Å²) in [6, 6.07) is 6.03. The molecule has 1 aromatic carbocycles. The molecular weight excluding hydrogens is 266 g/mol. The lowest BCUT2D eigenvalue weighted by Gasteiger charge is -2.29. The summed E-state index contributed by atoms with van der Waals surface area (Å²) < 4.78 is 5.40. The highest BCUT2D eigenvalue weighted by molar-refractivity contribution is 5.94. The van der Waals surface area contributed by atoms with Crippen molar-refractivity contribution >= 4 is 5.97 Å². The SMILES string of the molecule is CC1(C)OC(=O)c2ccc(CCN3CCC(O)CC3)cc21. The molecule has 2 heterocycles. The highest BCUT2D eigenvalue weighted by Crippen LogP contribution is 2.36. The average molecular weight is 289 g/mol. The second-order valence-corrected chi connectivity index (χ2v) is 6.60. The van der Waals surface area contributed by atoms with Gasteiger partial charge in [0.25, 0.3) is 0 Å². The van der Waals surface area contributed by atoms with Crippen LogP contribution < -0.4 is 0 Å². The van der Waals surface area contributed by atoms with E-state index in [1.165, 1.54) is 5.56 Å². The van der Waals surface area contributed by atoms with E-state index in [9.17, 15) is 9.90 Å². The largest absolute Gasteiger partial charge is 0.451 e. The Morgan fingerprint density at radius 3 is 2.76 bits per heavy atom. The van der Waals surface area contributed by atoms with Crippen molar-refractivity contribution in [1.29, 1.82) is 0 Å². The van der Waals surface area contributed by atoms with Crippen LogP contribution in [0.3, 0.4) is 0 Å². The average Bonchev–Trinajstić information content (AvgIpc) is 2.68. The Bertz CT molecular complexity index is 545. The zero-order chi connectivity index (χ0) is 15.0. The van der Waals surface area contributed by atoms with Crippen LogP contribution >= 0.6 is 0 Å². The van der Waals surface area contributed by atoms with E-state index in [0.717, 1.165) is 44.5 Å². The topological polar surface area (TPSA) is 49.8 Å². The fourth-order valence-corrected chi connectivity index (χ4v) is 3.19. The van der Waals surface area contributed by atoms with Crippen LogP contribution in [0.15, 0.2) is 18.2 Å². The van der Waals surface area contributed by atoms with Gasteiger partial charge in [-0.05, 0) is 44.7 Å². The van der Waals surface area contributed by atoms with Gasteiger partial charge in [0.05, 0.1) is 11.7 Å². The van der Waals surface area contributed by atoms with Crippen molar-refractivity contribution in [2.45, 2.75) is 44.8 Å². The molecule has 2 aliphatic rings. The monoisotopic (exact) mass is 289 g/mol. The molecule has 0 bridgehead atoms. The molecule has 0 spiro atoms. The van der Waals surface area contributed by atoms with Crippen LogP contribution in [0, 0.1) is 0 Å². The molecule has 0 aromatic heterocycles. The van der Waals surface area contributed by atoms with E-state index in [-0.39, 0.29) is 12.1 Å². The lowest BCUT2D eigenvalue weighted by Crippen LogP contribution is -2.37. The number of nitrogens with zero attached hydrogens (tertiary/aromatic N) is 1. The second-order valence-electron chi connectivity index (χ2n) is 6.60. The number of hydrogen-bond donors (Lipinski definition) is 1. The van der Waals surface area contributed by atoms with E-state index in [1.807, 2.05) is 26.0 Å². The van der Waals surface area contributed by atoms with Gasteiger partial charge < -0.3 is 14.7 Å². The van der Waals surface area contributed by atoms with Gasteiger partial charge in [0.1, 0.15) is 5.60 Å². The first-order valence-electron chi connectivity index (χ1n) is 7.73. The Hall–Kier alpha value is -1.39. The summed E-state index contributed by atoms with van der Waals surface area (Å²) in [6.45, 7) is 6.82. The maximum atomic E-state index is 11.8. The standard InChI is InChI=1S/C17H23NO3/c1-17(2)15-11-12(3-4-14(15)16(20)21-17)5-8-18-9-6-13(19)7-10-18/h3-4,11,13,19H,5-10H2,1-2H3. The maximum Gasteiger partial charge on any atom is 0.339 e. The Balaban J connectivity index is 1.66. The van der Waals surface area contributed by atoms with Gasteiger partial charge in [-0.3, -0.25) is 0 Å². The summed E-state index contributed by atoms with van der Waals surface area (Å²) in [5.41, 5.74) is 2.42. The van der Waals surface area contributed by atoms with Crippen LogP contribution in [-0.4, -0.2) is 41.7 Å². The molecule has 4 heteroatoms. The van der Waals surface area contributed by atoms with Crippen molar-refractivity contribution in [3.63, 3.8) is 0 Å². The number of esters is 1. The van der Waals surface area contributed by atoms with E-state index in [0.29, 0.717) is 5.56 Å². The third-order valence-corrected chi connectivity index (χ3v) is 4.57. The van der Waals surface area contributed by atoms with Crippen molar-refractivity contribution in [3.8, 4) is 0 Å². The molecule has 1 fully saturated rings. The van der Waals surface area contributed by atoms with Gasteiger partial charge >= 0.3 is 5.97 Å². The number of aliphatic hydroxyl groups is 1. The smallest absolute Gasteiger partial charge is 0.339 e. The minimum atomic E-state index is -0.516. The number of carbonyl (C=O) groups is 1. The molecule has 4 nitrogen and oxygen atoms in total. The zero-order valence-corrected chi connectivity index (χ0v) is 12.8. The number of ether oxygens (including phenoxy) is 1. The van der Waals surface area contributed by atoms with E-state index in [1.54, 1.807) is 0 Å². The van der Waals surface area contributed by atoms with Crippen LogP contribution in [-0.2, 0) is 16.8 Å². The first-order chi connectivity index (χ1) is 9.95. The molecule has 0 radical (unpaired) electrons. The van der Waals surface area contributed by atoms with Crippen molar-refractivity contribution in [2.75, 3.05) is 19.6 Å². The van der Waals surface area contributed by atoms with E-state index < -0.39 is 5.60 Å². The second kappa shape index (κ2) is 5.43. The normalized spacial score (nSPS) is 22.1. The Morgan fingerprint density at radius 2 is 2.05 bits per heavy atom. The number of carbonyl (C=O) groups excluding carboxylic acids is 1. The molecule has 1 saturated heterocycles. The minimum Gasteiger partial charge on any atom is -0.451 e. The Morgan fingerprint density at radius 1 is 1.33 bits per heavy atom. The summed E-state index contributed by atoms with van der Waals surface area (Å²) >= 11 is 0. The number of hydrogen-bond acceptors (Lipinski definition) is 4. The quantitative estimate of drug-likeness (QED) is 0.866.